The molecule has 0 saturated carbocycles. The van der Waals surface area contributed by atoms with Gasteiger partial charge in [0, 0.05) is 13.1 Å². The van der Waals surface area contributed by atoms with Gasteiger partial charge in [0.25, 0.3) is 0 Å². The van der Waals surface area contributed by atoms with Crippen molar-refractivity contribution in [2.24, 2.45) is 23.7 Å². The Morgan fingerprint density at radius 2 is 1.32 bits per heavy atom. The molecule has 88 heavy (non-hydrogen) atoms. The van der Waals surface area contributed by atoms with E-state index in [0.717, 1.165) is 35.7 Å². The second-order valence-corrected chi connectivity index (χ2v) is 26.4. The average Bonchev–Trinajstić information content (AvgIpc) is 1.17. The fraction of sp³-hybridized carbons (Fsp3) is 0.645. The van der Waals surface area contributed by atoms with Crippen LogP contribution in [0.25, 0.3) is 0 Å². The van der Waals surface area contributed by atoms with Gasteiger partial charge in [-0.1, -0.05) is 72.8 Å². The molecule has 4 heterocycles. The van der Waals surface area contributed by atoms with Crippen molar-refractivity contribution in [1.82, 2.24) is 4.90 Å². The van der Waals surface area contributed by atoms with Crippen molar-refractivity contribution in [1.29, 1.82) is 0 Å². The fourth-order valence-corrected chi connectivity index (χ4v) is 14.8. The SMILES string of the molecule is CC[C@H](C)C1O[C@H](O[C@H]2C([C@H]3COC(C)(C)O3)O[C@@](OCCc3ccc(CCN(Cc4ccccc4)C(=O)OCc4ccccc4)cc3OC)(C(=O)OC)C[C@H]2C)C(OC(C)=O)[C@@H](O[C@H]2O[C@@H]([C@@H](C)CC)[C@@H](P[B]B=O)C(C)C2OC(C)=O)[C@@H]1P[B]B=O. The number of hydrogen-bond acceptors (Lipinski definition) is 19. The third-order valence-corrected chi connectivity index (χ3v) is 19.9. The zero-order valence-electron chi connectivity index (χ0n) is 52.8. The molecule has 0 N–H and O–H groups in total. The van der Waals surface area contributed by atoms with Gasteiger partial charge in [0.05, 0.1) is 20.8 Å². The molecule has 19 atom stereocenters. The van der Waals surface area contributed by atoms with Crippen molar-refractivity contribution >= 4 is 68.8 Å². The third kappa shape index (κ3) is 18.6. The summed E-state index contributed by atoms with van der Waals surface area (Å²) in [6.45, 7) is 22.0. The number of methoxy groups -OCH3 is 2. The molecule has 2 radical (unpaired) electrons. The number of hydrogen-bond donors (Lipinski definition) is 0. The molecule has 476 valence electrons. The first-order chi connectivity index (χ1) is 42.2. The van der Waals surface area contributed by atoms with E-state index in [1.165, 1.54) is 27.8 Å². The van der Waals surface area contributed by atoms with Crippen LogP contribution < -0.4 is 4.74 Å². The van der Waals surface area contributed by atoms with Crippen LogP contribution in [0.4, 0.5) is 4.79 Å². The van der Waals surface area contributed by atoms with Gasteiger partial charge in [0.15, 0.2) is 0 Å². The van der Waals surface area contributed by atoms with Crippen molar-refractivity contribution < 1.29 is 90.2 Å². The average molecular weight is 1260 g/mol. The standard InChI is InChI=1S/C62H87B4NO19P2/c1-13-36(3)49-55(87-65-63-72)39(6)51(79-40(7)68)57(82-49)84-53-54(80-41(8)69)58(83-50(37(4)14-2)56(53)88-66-64-73)81-48-38(5)32-62(59(70)75-12,86-52(48)47-35-78-61(9,10)85-47)77-30-28-45-26-25-42(31-46(45)74-11)27-29-67(33-43-21-17-15-18-22-43)60(71)76-34-44-23-19-16-20-24-44/h15-26,31,36-39,47-58,87-88H,13-14,27-30,32-35H2,1-12H3/t36-,37-,38+,39?,47+,48+,49-,50?,51?,52?,53+,54?,55-,56+,57+,58-,62+/m0/s1. The van der Waals surface area contributed by atoms with E-state index in [2.05, 4.69) is 6.92 Å². The van der Waals surface area contributed by atoms with E-state index >= 15 is 0 Å². The Morgan fingerprint density at radius 1 is 0.727 bits per heavy atom. The Morgan fingerprint density at radius 3 is 1.90 bits per heavy atom. The molecule has 4 aliphatic heterocycles. The van der Waals surface area contributed by atoms with E-state index in [-0.39, 0.29) is 73.0 Å². The first-order valence-corrected chi connectivity index (χ1v) is 32.9. The van der Waals surface area contributed by atoms with Crippen molar-refractivity contribution in [3.8, 4) is 5.75 Å². The molecule has 0 spiro atoms. The van der Waals surface area contributed by atoms with Crippen LogP contribution in [0, 0.1) is 23.7 Å². The number of ether oxygens (including phenoxy) is 13. The summed E-state index contributed by atoms with van der Waals surface area (Å²) in [4.78, 5) is 56.0. The summed E-state index contributed by atoms with van der Waals surface area (Å²) in [7, 11) is 4.18. The first-order valence-electron chi connectivity index (χ1n) is 30.6. The second kappa shape index (κ2) is 33.7. The zero-order chi connectivity index (χ0) is 63.7. The van der Waals surface area contributed by atoms with E-state index in [4.69, 9.17) is 61.6 Å². The van der Waals surface area contributed by atoms with Gasteiger partial charge >= 0.3 is 324 Å². The molecule has 1 amide bonds. The summed E-state index contributed by atoms with van der Waals surface area (Å²) in [5.74, 6) is -5.63. The normalized spacial score (nSPS) is 30.1. The van der Waals surface area contributed by atoms with Gasteiger partial charge in [-0.2, -0.15) is 0 Å². The van der Waals surface area contributed by atoms with Gasteiger partial charge in [-0.25, -0.2) is 9.59 Å². The van der Waals surface area contributed by atoms with Gasteiger partial charge in [-0.05, 0) is 55.0 Å². The molecule has 7 unspecified atom stereocenters. The van der Waals surface area contributed by atoms with Crippen molar-refractivity contribution in [2.45, 2.75) is 199 Å². The Bertz CT molecular complexity index is 2750. The summed E-state index contributed by atoms with van der Waals surface area (Å²) >= 11 is 0. The van der Waals surface area contributed by atoms with E-state index in [9.17, 15) is 28.6 Å². The summed E-state index contributed by atoms with van der Waals surface area (Å²) in [6.07, 6.45) is -8.27. The Hall–Kier alpha value is -4.46. The van der Waals surface area contributed by atoms with Gasteiger partial charge in [-0.15, -0.1) is 0 Å². The Kier molecular flexibility index (Phi) is 27.2. The molecule has 3 aromatic carbocycles. The zero-order valence-corrected chi connectivity index (χ0v) is 54.8. The van der Waals surface area contributed by atoms with Crippen molar-refractivity contribution in [3.05, 3.63) is 101 Å². The monoisotopic (exact) mass is 1260 g/mol. The summed E-state index contributed by atoms with van der Waals surface area (Å²) in [6, 6.07) is 25.1. The minimum atomic E-state index is -1.99. The maximum absolute atomic E-state index is 14.4. The van der Waals surface area contributed by atoms with Crippen molar-refractivity contribution in [3.63, 3.8) is 0 Å². The molecule has 4 aliphatic rings. The molecule has 26 heteroatoms. The molecule has 4 fully saturated rings. The van der Waals surface area contributed by atoms with Gasteiger partial charge in [0.2, 0.25) is 0 Å². The minimum absolute atomic E-state index is 0.00864. The van der Waals surface area contributed by atoms with Crippen LogP contribution in [-0.4, -0.2) is 175 Å². The van der Waals surface area contributed by atoms with E-state index in [1.54, 1.807) is 32.7 Å². The predicted octanol–water partition coefficient (Wildman–Crippen LogP) is 8.16. The number of amides is 1. The van der Waals surface area contributed by atoms with Gasteiger partial charge in [-0.3, -0.25) is 0 Å². The number of nitrogens with zero attached hydrogens (tertiary/aromatic N) is 1. The number of carbonyl (C=O) groups excluding carboxylic acids is 4. The van der Waals surface area contributed by atoms with Gasteiger partial charge < -0.3 is 19.1 Å². The van der Waals surface area contributed by atoms with Crippen LogP contribution in [0.15, 0.2) is 78.9 Å². The van der Waals surface area contributed by atoms with Crippen molar-refractivity contribution in [2.75, 3.05) is 34.0 Å². The van der Waals surface area contributed by atoms with Gasteiger partial charge in [0.1, 0.15) is 12.4 Å². The molecular formula is C62H87B4NO19P2. The molecule has 4 saturated heterocycles. The number of benzene rings is 3. The topological polar surface area (TPSA) is 226 Å². The second-order valence-electron chi connectivity index (χ2n) is 23.7. The molecular weight excluding hydrogens is 1170 g/mol. The van der Waals surface area contributed by atoms with E-state index < -0.39 is 109 Å². The van der Waals surface area contributed by atoms with Crippen LogP contribution in [0.5, 0.6) is 5.75 Å². The Labute approximate surface area is 524 Å². The summed E-state index contributed by atoms with van der Waals surface area (Å²) < 4.78 is 108. The quantitative estimate of drug-likeness (QED) is 0.0265. The maximum atomic E-state index is 14.4. The third-order valence-electron chi connectivity index (χ3n) is 17.0. The van der Waals surface area contributed by atoms with Crippen LogP contribution in [-0.2, 0) is 107 Å². The molecule has 0 bridgehead atoms. The van der Waals surface area contributed by atoms with Crippen LogP contribution in [0.3, 0.4) is 0 Å². The first kappa shape index (κ1) is 71.0. The van der Waals surface area contributed by atoms with Crippen LogP contribution in [0.1, 0.15) is 111 Å². The van der Waals surface area contributed by atoms with Crippen LogP contribution in [0.2, 0.25) is 0 Å². The Balaban J connectivity index is 1.16. The molecule has 3 aromatic rings. The molecule has 7 rings (SSSR count). The predicted molar refractivity (Wildman–Crippen MR) is 333 cm³/mol. The van der Waals surface area contributed by atoms with Crippen LogP contribution >= 0.6 is 16.9 Å². The molecule has 0 aliphatic carbocycles. The summed E-state index contributed by atoms with van der Waals surface area (Å²) in [5, 5.41) is 0. The number of rotatable bonds is 30. The molecule has 20 nitrogen and oxygen atoms in total. The number of esters is 3. The number of carbonyl (C=O) groups is 4. The van der Waals surface area contributed by atoms with E-state index in [1.807, 2.05) is 113 Å². The van der Waals surface area contributed by atoms with E-state index in [0.29, 0.717) is 38.7 Å². The molecule has 0 aromatic heterocycles. The fourth-order valence-electron chi connectivity index (χ4n) is 12.1. The summed E-state index contributed by atoms with van der Waals surface area (Å²) in [5.41, 5.74) is 2.74.